The molecule has 0 fully saturated rings. The Bertz CT molecular complexity index is 1220. The molecule has 1 atom stereocenters. The van der Waals surface area contributed by atoms with E-state index in [1.54, 1.807) is 19.6 Å². The average Bonchev–Trinajstić information content (AvgIpc) is 3.29. The van der Waals surface area contributed by atoms with Gasteiger partial charge in [-0.2, -0.15) is 0 Å². The fourth-order valence-electron chi connectivity index (χ4n) is 4.39. The molecule has 0 spiro atoms. The van der Waals surface area contributed by atoms with Crippen molar-refractivity contribution in [1.82, 2.24) is 4.57 Å². The van der Waals surface area contributed by atoms with E-state index in [4.69, 9.17) is 13.9 Å². The normalized spacial score (nSPS) is 15.1. The van der Waals surface area contributed by atoms with E-state index in [2.05, 4.69) is 20.8 Å². The van der Waals surface area contributed by atoms with Gasteiger partial charge < -0.3 is 23.6 Å². The zero-order valence-corrected chi connectivity index (χ0v) is 19.4. The number of methoxy groups -OCH3 is 1. The minimum Gasteiger partial charge on any atom is -0.493 e. The van der Waals surface area contributed by atoms with E-state index >= 15 is 0 Å². The van der Waals surface area contributed by atoms with Crippen LogP contribution in [0, 0.1) is 5.41 Å². The summed E-state index contributed by atoms with van der Waals surface area (Å²) in [6, 6.07) is 7.34. The van der Waals surface area contributed by atoms with Gasteiger partial charge in [-0.15, -0.1) is 0 Å². The summed E-state index contributed by atoms with van der Waals surface area (Å²) < 4.78 is 18.5. The van der Waals surface area contributed by atoms with E-state index < -0.39 is 11.4 Å². The lowest BCUT2D eigenvalue weighted by Gasteiger charge is -2.39. The number of rotatable bonds is 7. The van der Waals surface area contributed by atoms with Gasteiger partial charge in [-0.05, 0) is 35.6 Å². The minimum absolute atomic E-state index is 0.0279. The standard InChI is InChI=1S/C26H29NO6/c1-26(2,3)24-11-17-10-23(33-8-5-7-31-4)19(16-6-9-32-15-16)12-18(17)21-13-22(28)20(25(29)30)14-27(21)24/h6,9-10,12-15,24H,5,7-8,11H2,1-4H3,(H,29,30)/t24-/m0/s1. The zero-order chi connectivity index (χ0) is 23.8. The molecule has 1 aliphatic heterocycles. The van der Waals surface area contributed by atoms with Crippen LogP contribution in [0.25, 0.3) is 22.4 Å². The highest BCUT2D eigenvalue weighted by Crippen LogP contribution is 2.46. The summed E-state index contributed by atoms with van der Waals surface area (Å²) in [7, 11) is 1.66. The van der Waals surface area contributed by atoms with E-state index in [0.29, 0.717) is 25.3 Å². The maximum absolute atomic E-state index is 12.6. The molecular weight excluding hydrogens is 422 g/mol. The van der Waals surface area contributed by atoms with Crippen molar-refractivity contribution in [2.45, 2.75) is 39.7 Å². The number of nitrogens with zero attached hydrogens (tertiary/aromatic N) is 1. The van der Waals surface area contributed by atoms with Crippen molar-refractivity contribution in [3.63, 3.8) is 0 Å². The number of pyridine rings is 1. The Morgan fingerprint density at radius 1 is 1.21 bits per heavy atom. The van der Waals surface area contributed by atoms with Crippen LogP contribution in [0.15, 0.2) is 52.2 Å². The van der Waals surface area contributed by atoms with Crippen molar-refractivity contribution in [3.05, 3.63) is 64.3 Å². The van der Waals surface area contributed by atoms with Crippen LogP contribution in [0.3, 0.4) is 0 Å². The van der Waals surface area contributed by atoms with E-state index in [-0.39, 0.29) is 17.0 Å². The number of carbonyl (C=O) groups is 1. The highest BCUT2D eigenvalue weighted by Gasteiger charge is 2.34. The smallest absolute Gasteiger partial charge is 0.341 e. The highest BCUT2D eigenvalue weighted by atomic mass is 16.5. The van der Waals surface area contributed by atoms with Gasteiger partial charge in [0.15, 0.2) is 5.43 Å². The Labute approximate surface area is 192 Å². The topological polar surface area (TPSA) is 90.9 Å². The summed E-state index contributed by atoms with van der Waals surface area (Å²) in [5.41, 5.74) is 3.51. The second kappa shape index (κ2) is 8.90. The summed E-state index contributed by atoms with van der Waals surface area (Å²) in [6.07, 6.45) is 6.21. The lowest BCUT2D eigenvalue weighted by atomic mass is 9.78. The number of aromatic nitrogens is 1. The number of hydrogen-bond donors (Lipinski definition) is 1. The van der Waals surface area contributed by atoms with Crippen LogP contribution in [0.2, 0.25) is 0 Å². The first-order chi connectivity index (χ1) is 15.7. The van der Waals surface area contributed by atoms with Crippen LogP contribution < -0.4 is 10.2 Å². The van der Waals surface area contributed by atoms with Gasteiger partial charge in [-0.25, -0.2) is 4.79 Å². The third-order valence-corrected chi connectivity index (χ3v) is 6.12. The first-order valence-corrected chi connectivity index (χ1v) is 11.0. The molecule has 3 aromatic rings. The van der Waals surface area contributed by atoms with Crippen LogP contribution in [-0.2, 0) is 11.2 Å². The number of benzene rings is 1. The summed E-state index contributed by atoms with van der Waals surface area (Å²) in [6.45, 7) is 7.48. The SMILES string of the molecule is COCCCOc1cc2c(cc1-c1ccoc1)-c1cc(=O)c(C(=O)O)cn1[C@H](C(C)(C)C)C2. The van der Waals surface area contributed by atoms with Crippen LogP contribution in [0.1, 0.15) is 49.2 Å². The molecule has 0 bridgehead atoms. The molecule has 2 aromatic heterocycles. The minimum atomic E-state index is -1.22. The van der Waals surface area contributed by atoms with Crippen LogP contribution in [0.4, 0.5) is 0 Å². The number of aromatic carboxylic acids is 1. The van der Waals surface area contributed by atoms with Crippen molar-refractivity contribution in [2.24, 2.45) is 5.41 Å². The summed E-state index contributed by atoms with van der Waals surface area (Å²) in [5.74, 6) is -0.468. The number of ether oxygens (including phenoxy) is 2. The third-order valence-electron chi connectivity index (χ3n) is 6.12. The molecule has 1 N–H and O–H groups in total. The summed E-state index contributed by atoms with van der Waals surface area (Å²) in [4.78, 5) is 24.3. The Balaban J connectivity index is 1.90. The van der Waals surface area contributed by atoms with Crippen molar-refractivity contribution < 1.29 is 23.8 Å². The van der Waals surface area contributed by atoms with Gasteiger partial charge in [0.1, 0.15) is 11.3 Å². The fourth-order valence-corrected chi connectivity index (χ4v) is 4.39. The fraction of sp³-hybridized carbons (Fsp3) is 0.385. The predicted molar refractivity (Wildman–Crippen MR) is 125 cm³/mol. The molecule has 174 valence electrons. The number of carboxylic acid groups (broad SMARTS) is 1. The molecule has 0 unspecified atom stereocenters. The van der Waals surface area contributed by atoms with Crippen LogP contribution in [-0.4, -0.2) is 36.0 Å². The van der Waals surface area contributed by atoms with E-state index in [1.807, 2.05) is 22.8 Å². The molecule has 1 aliphatic rings. The average molecular weight is 452 g/mol. The maximum Gasteiger partial charge on any atom is 0.341 e. The van der Waals surface area contributed by atoms with Crippen molar-refractivity contribution >= 4 is 5.97 Å². The van der Waals surface area contributed by atoms with Gasteiger partial charge >= 0.3 is 5.97 Å². The van der Waals surface area contributed by atoms with Gasteiger partial charge in [-0.1, -0.05) is 20.8 Å². The summed E-state index contributed by atoms with van der Waals surface area (Å²) in [5, 5.41) is 9.53. The number of furan rings is 1. The highest BCUT2D eigenvalue weighted by molar-refractivity contribution is 5.88. The lowest BCUT2D eigenvalue weighted by Crippen LogP contribution is -2.32. The molecule has 7 heteroatoms. The molecule has 7 nitrogen and oxygen atoms in total. The van der Waals surface area contributed by atoms with Gasteiger partial charge in [0.25, 0.3) is 0 Å². The molecule has 0 aliphatic carbocycles. The second-order valence-electron chi connectivity index (χ2n) is 9.45. The molecule has 33 heavy (non-hydrogen) atoms. The molecule has 0 saturated carbocycles. The monoisotopic (exact) mass is 451 g/mol. The molecular formula is C26H29NO6. The molecule has 0 radical (unpaired) electrons. The Kier molecular flexibility index (Phi) is 6.17. The first kappa shape index (κ1) is 22.9. The zero-order valence-electron chi connectivity index (χ0n) is 19.4. The van der Waals surface area contributed by atoms with Gasteiger partial charge in [0, 0.05) is 55.1 Å². The Morgan fingerprint density at radius 3 is 2.64 bits per heavy atom. The van der Waals surface area contributed by atoms with Gasteiger partial charge in [-0.3, -0.25) is 4.79 Å². The third kappa shape index (κ3) is 4.46. The lowest BCUT2D eigenvalue weighted by molar-refractivity contribution is 0.0693. The second-order valence-corrected chi connectivity index (χ2v) is 9.45. The molecule has 3 heterocycles. The largest absolute Gasteiger partial charge is 0.493 e. The van der Waals surface area contributed by atoms with Crippen LogP contribution >= 0.6 is 0 Å². The van der Waals surface area contributed by atoms with E-state index in [1.165, 1.54) is 12.3 Å². The number of fused-ring (bicyclic) bond motifs is 3. The molecule has 0 amide bonds. The van der Waals surface area contributed by atoms with E-state index in [0.717, 1.165) is 34.4 Å². The van der Waals surface area contributed by atoms with Gasteiger partial charge in [0.05, 0.1) is 24.8 Å². The quantitative estimate of drug-likeness (QED) is 0.507. The van der Waals surface area contributed by atoms with Crippen LogP contribution in [0.5, 0.6) is 5.75 Å². The van der Waals surface area contributed by atoms with E-state index in [9.17, 15) is 14.7 Å². The molecule has 1 aromatic carbocycles. The first-order valence-electron chi connectivity index (χ1n) is 11.0. The Morgan fingerprint density at radius 2 is 2.00 bits per heavy atom. The maximum atomic E-state index is 12.6. The summed E-state index contributed by atoms with van der Waals surface area (Å²) >= 11 is 0. The van der Waals surface area contributed by atoms with Gasteiger partial charge in [0.2, 0.25) is 0 Å². The molecule has 0 saturated heterocycles. The Hall–Kier alpha value is -3.32. The number of hydrogen-bond acceptors (Lipinski definition) is 5. The number of carboxylic acids is 1. The van der Waals surface area contributed by atoms with Crippen molar-refractivity contribution in [1.29, 1.82) is 0 Å². The van der Waals surface area contributed by atoms with Crippen molar-refractivity contribution in [3.8, 4) is 28.1 Å². The predicted octanol–water partition coefficient (Wildman–Crippen LogP) is 5.03. The molecule has 4 rings (SSSR count). The van der Waals surface area contributed by atoms with Crippen molar-refractivity contribution in [2.75, 3.05) is 20.3 Å².